The molecule has 0 saturated carbocycles. The molecule has 0 rings (SSSR count). The Morgan fingerprint density at radius 1 is 0.688 bits per heavy atom. The number of allylic oxidation sites excluding steroid dienone is 3. The monoisotopic (exact) mass is 702 g/mol. The number of rotatable bonds is 35. The van der Waals surface area contributed by atoms with Gasteiger partial charge in [-0.1, -0.05) is 147 Å². The van der Waals surface area contributed by atoms with Gasteiger partial charge in [0, 0.05) is 6.42 Å². The van der Waals surface area contributed by atoms with Crippen LogP contribution in [-0.4, -0.2) is 73.4 Å². The predicted octanol–water partition coefficient (Wildman–Crippen LogP) is 10.2. The molecule has 0 aromatic rings. The summed E-state index contributed by atoms with van der Waals surface area (Å²) in [4.78, 5) is 22.9. The lowest BCUT2D eigenvalue weighted by Gasteiger charge is -2.25. The van der Waals surface area contributed by atoms with Gasteiger partial charge in [-0.15, -0.1) is 0 Å². The average Bonchev–Trinajstić information content (AvgIpc) is 3.02. The number of amides is 1. The number of nitrogens with one attached hydrogen (secondary N) is 1. The van der Waals surface area contributed by atoms with E-state index in [4.69, 9.17) is 9.05 Å². The van der Waals surface area contributed by atoms with Crippen molar-refractivity contribution in [2.24, 2.45) is 0 Å². The van der Waals surface area contributed by atoms with E-state index in [-0.39, 0.29) is 19.1 Å². The van der Waals surface area contributed by atoms with Crippen LogP contribution in [0.4, 0.5) is 0 Å². The molecular weight excluding hydrogens is 623 g/mol. The summed E-state index contributed by atoms with van der Waals surface area (Å²) >= 11 is 0. The molecule has 0 spiro atoms. The summed E-state index contributed by atoms with van der Waals surface area (Å²) in [5.74, 6) is -0.193. The van der Waals surface area contributed by atoms with Crippen molar-refractivity contribution in [1.82, 2.24) is 5.32 Å². The van der Waals surface area contributed by atoms with Crippen molar-refractivity contribution >= 4 is 13.7 Å². The molecule has 0 saturated heterocycles. The fraction of sp³-hybridized carbons (Fsp3) is 0.872. The number of aliphatic hydroxyl groups is 1. The number of aliphatic hydroxyl groups excluding tert-OH is 1. The highest BCUT2D eigenvalue weighted by Crippen LogP contribution is 2.43. The van der Waals surface area contributed by atoms with Crippen LogP contribution in [0, 0.1) is 0 Å². The van der Waals surface area contributed by atoms with Gasteiger partial charge >= 0.3 is 7.82 Å². The lowest BCUT2D eigenvalue weighted by Crippen LogP contribution is -2.45. The number of likely N-dealkylation sites (N-methyl/N-ethyl adjacent to an activating group) is 1. The third kappa shape index (κ3) is 33.5. The smallest absolute Gasteiger partial charge is 0.387 e. The van der Waals surface area contributed by atoms with E-state index >= 15 is 0 Å². The molecule has 0 bridgehead atoms. The summed E-state index contributed by atoms with van der Waals surface area (Å²) in [5.41, 5.74) is 0. The maximum atomic E-state index is 12.7. The topological polar surface area (TPSA) is 105 Å². The Morgan fingerprint density at radius 2 is 1.15 bits per heavy atom. The van der Waals surface area contributed by atoms with Gasteiger partial charge in [-0.2, -0.15) is 0 Å². The summed E-state index contributed by atoms with van der Waals surface area (Å²) in [6, 6.07) is -0.846. The fourth-order valence-electron chi connectivity index (χ4n) is 5.43. The fourth-order valence-corrected chi connectivity index (χ4v) is 6.17. The normalized spacial score (nSPS) is 14.9. The largest absolute Gasteiger partial charge is 0.472 e. The number of carbonyl (C=O) groups is 1. The molecule has 9 heteroatoms. The lowest BCUT2D eigenvalue weighted by molar-refractivity contribution is -0.870. The molecular formula is C39H78N2O6P+. The Kier molecular flexibility index (Phi) is 31.2. The van der Waals surface area contributed by atoms with Gasteiger partial charge in [0.25, 0.3) is 0 Å². The van der Waals surface area contributed by atoms with E-state index in [2.05, 4.69) is 31.3 Å². The molecule has 3 atom stereocenters. The van der Waals surface area contributed by atoms with Gasteiger partial charge in [0.2, 0.25) is 5.91 Å². The van der Waals surface area contributed by atoms with Crippen molar-refractivity contribution in [3.63, 3.8) is 0 Å². The minimum absolute atomic E-state index is 0.0600. The van der Waals surface area contributed by atoms with Crippen LogP contribution in [0.3, 0.4) is 0 Å². The molecule has 48 heavy (non-hydrogen) atoms. The lowest BCUT2D eigenvalue weighted by atomic mass is 10.0. The molecule has 0 radical (unpaired) electrons. The first kappa shape index (κ1) is 47.0. The highest BCUT2D eigenvalue weighted by atomic mass is 31.2. The zero-order chi connectivity index (χ0) is 35.8. The van der Waals surface area contributed by atoms with Gasteiger partial charge in [0.15, 0.2) is 0 Å². The third-order valence-electron chi connectivity index (χ3n) is 8.67. The van der Waals surface area contributed by atoms with E-state index in [1.165, 1.54) is 89.9 Å². The van der Waals surface area contributed by atoms with E-state index in [9.17, 15) is 19.4 Å². The number of quaternary nitrogens is 1. The molecule has 0 aliphatic carbocycles. The number of phosphoric ester groups is 1. The molecule has 0 aromatic carbocycles. The zero-order valence-electron chi connectivity index (χ0n) is 32.0. The summed E-state index contributed by atoms with van der Waals surface area (Å²) in [5, 5.41) is 13.7. The Balaban J connectivity index is 4.50. The van der Waals surface area contributed by atoms with E-state index in [1.54, 1.807) is 6.08 Å². The molecule has 284 valence electrons. The molecule has 0 aliphatic heterocycles. The Morgan fingerprint density at radius 3 is 1.67 bits per heavy atom. The van der Waals surface area contributed by atoms with Crippen LogP contribution < -0.4 is 5.32 Å². The van der Waals surface area contributed by atoms with E-state index in [0.29, 0.717) is 17.4 Å². The molecule has 0 fully saturated rings. The molecule has 0 aromatic heterocycles. The predicted molar refractivity (Wildman–Crippen MR) is 203 cm³/mol. The highest BCUT2D eigenvalue weighted by molar-refractivity contribution is 7.47. The number of unbranched alkanes of at least 4 members (excludes halogenated alkanes) is 20. The van der Waals surface area contributed by atoms with Gasteiger partial charge in [-0.3, -0.25) is 13.8 Å². The van der Waals surface area contributed by atoms with Gasteiger partial charge in [-0.25, -0.2) is 4.57 Å². The van der Waals surface area contributed by atoms with E-state index < -0.39 is 20.0 Å². The van der Waals surface area contributed by atoms with Crippen molar-refractivity contribution in [3.05, 3.63) is 24.3 Å². The summed E-state index contributed by atoms with van der Waals surface area (Å²) in [7, 11) is 1.56. The third-order valence-corrected chi connectivity index (χ3v) is 9.65. The Hall–Kier alpha value is -1.02. The average molecular weight is 702 g/mol. The number of nitrogens with zero attached hydrogens (tertiary/aromatic N) is 1. The number of phosphoric acid groups is 1. The standard InChI is InChI=1S/C39H77N2O6P/c1-6-8-10-12-14-16-18-19-20-21-22-23-24-26-28-30-32-38(42)37(36-47-48(44,45)46-35-34-41(3,4)5)40-39(43)33-31-29-27-25-17-15-13-11-9-7-2/h13,15,30,32,37-38,42H,6-12,14,16-29,31,33-36H2,1-5H3,(H-,40,43,44,45)/p+1/b15-13-,32-30+. The summed E-state index contributed by atoms with van der Waals surface area (Å²) in [6.07, 6.45) is 35.3. The van der Waals surface area contributed by atoms with Crippen molar-refractivity contribution in [3.8, 4) is 0 Å². The van der Waals surface area contributed by atoms with E-state index in [1.807, 2.05) is 27.2 Å². The minimum atomic E-state index is -4.33. The first-order valence-electron chi connectivity index (χ1n) is 19.7. The maximum absolute atomic E-state index is 12.7. The van der Waals surface area contributed by atoms with Crippen LogP contribution in [0.5, 0.6) is 0 Å². The van der Waals surface area contributed by atoms with Crippen LogP contribution >= 0.6 is 7.82 Å². The molecule has 3 N–H and O–H groups in total. The van der Waals surface area contributed by atoms with Gasteiger partial charge < -0.3 is 19.8 Å². The molecule has 3 unspecified atom stereocenters. The van der Waals surface area contributed by atoms with Crippen LogP contribution in [0.2, 0.25) is 0 Å². The maximum Gasteiger partial charge on any atom is 0.472 e. The van der Waals surface area contributed by atoms with Crippen LogP contribution in [0.15, 0.2) is 24.3 Å². The Bertz CT molecular complexity index is 845. The van der Waals surface area contributed by atoms with Gasteiger partial charge in [0.1, 0.15) is 13.2 Å². The zero-order valence-corrected chi connectivity index (χ0v) is 32.9. The number of hydrogen-bond acceptors (Lipinski definition) is 5. The van der Waals surface area contributed by atoms with E-state index in [0.717, 1.165) is 57.8 Å². The second-order valence-electron chi connectivity index (χ2n) is 14.7. The first-order chi connectivity index (χ1) is 23.0. The van der Waals surface area contributed by atoms with Crippen molar-refractivity contribution in [2.45, 2.75) is 180 Å². The van der Waals surface area contributed by atoms with Crippen LogP contribution in [0.1, 0.15) is 168 Å². The Labute approximate surface area is 296 Å². The molecule has 1 amide bonds. The van der Waals surface area contributed by atoms with Gasteiger partial charge in [-0.05, 0) is 38.5 Å². The van der Waals surface area contributed by atoms with Gasteiger partial charge in [0.05, 0.1) is 39.9 Å². The van der Waals surface area contributed by atoms with Crippen LogP contribution in [-0.2, 0) is 18.4 Å². The van der Waals surface area contributed by atoms with Crippen molar-refractivity contribution < 1.29 is 32.9 Å². The van der Waals surface area contributed by atoms with Crippen LogP contribution in [0.25, 0.3) is 0 Å². The number of hydrogen-bond donors (Lipinski definition) is 3. The molecule has 0 aliphatic rings. The summed E-state index contributed by atoms with van der Waals surface area (Å²) < 4.78 is 23.4. The minimum Gasteiger partial charge on any atom is -0.387 e. The quantitative estimate of drug-likeness (QED) is 0.0263. The highest BCUT2D eigenvalue weighted by Gasteiger charge is 2.27. The summed E-state index contributed by atoms with van der Waals surface area (Å²) in [6.45, 7) is 4.74. The number of carbonyl (C=O) groups excluding carboxylic acids is 1. The second kappa shape index (κ2) is 31.9. The SMILES string of the molecule is CCCC/C=C\CCCCCCC(=O)NC(COP(=O)(O)OCC[N+](C)(C)C)C(O)/C=C/CCCCCCCCCCCCCCCC. The van der Waals surface area contributed by atoms with Crippen molar-refractivity contribution in [1.29, 1.82) is 0 Å². The molecule has 8 nitrogen and oxygen atoms in total. The second-order valence-corrected chi connectivity index (χ2v) is 16.1. The van der Waals surface area contributed by atoms with Crippen molar-refractivity contribution in [2.75, 3.05) is 40.9 Å². The molecule has 0 heterocycles. The first-order valence-corrected chi connectivity index (χ1v) is 21.2.